The molecule has 5 heteroatoms. The zero-order chi connectivity index (χ0) is 14.0. The molecule has 0 aromatic carbocycles. The third-order valence-electron chi connectivity index (χ3n) is 4.43. The first-order chi connectivity index (χ1) is 8.97. The number of hydrogen-bond donors (Lipinski definition) is 1. The summed E-state index contributed by atoms with van der Waals surface area (Å²) in [5.41, 5.74) is 1.72. The van der Waals surface area contributed by atoms with Crippen LogP contribution in [0.25, 0.3) is 0 Å². The van der Waals surface area contributed by atoms with Gasteiger partial charge in [-0.15, -0.1) is 0 Å². The molecule has 0 atom stereocenters. The van der Waals surface area contributed by atoms with E-state index in [1.54, 1.807) is 0 Å². The van der Waals surface area contributed by atoms with E-state index in [0.29, 0.717) is 0 Å². The molecule has 1 aromatic rings. The lowest BCUT2D eigenvalue weighted by Gasteiger charge is -2.38. The number of carboxylic acids is 1. The van der Waals surface area contributed by atoms with E-state index < -0.39 is 11.4 Å². The van der Waals surface area contributed by atoms with Gasteiger partial charge in [0, 0.05) is 13.6 Å². The largest absolute Gasteiger partial charge is 0.481 e. The summed E-state index contributed by atoms with van der Waals surface area (Å²) >= 11 is 0. The second kappa shape index (κ2) is 5.33. The fourth-order valence-electron chi connectivity index (χ4n) is 2.90. The number of aliphatic carboxylic acids is 1. The van der Waals surface area contributed by atoms with Crippen molar-refractivity contribution in [2.24, 2.45) is 12.5 Å². The SMILES string of the molecule is CCC1(C(=O)O)CCN(Cc2cc(C)nn2C)CC1. The molecule has 0 amide bonds. The van der Waals surface area contributed by atoms with Gasteiger partial charge in [0.25, 0.3) is 0 Å². The van der Waals surface area contributed by atoms with E-state index in [1.165, 1.54) is 5.69 Å². The first kappa shape index (κ1) is 14.1. The van der Waals surface area contributed by atoms with Crippen LogP contribution in [0.5, 0.6) is 0 Å². The molecule has 5 nitrogen and oxygen atoms in total. The zero-order valence-electron chi connectivity index (χ0n) is 12.0. The maximum absolute atomic E-state index is 11.4. The molecule has 1 aliphatic rings. The van der Waals surface area contributed by atoms with Gasteiger partial charge in [0.05, 0.1) is 16.8 Å². The Bertz CT molecular complexity index is 459. The normalized spacial score (nSPS) is 19.5. The van der Waals surface area contributed by atoms with Gasteiger partial charge in [0.15, 0.2) is 0 Å². The smallest absolute Gasteiger partial charge is 0.309 e. The van der Waals surface area contributed by atoms with E-state index in [0.717, 1.165) is 44.6 Å². The summed E-state index contributed by atoms with van der Waals surface area (Å²) < 4.78 is 1.91. The molecule has 0 bridgehead atoms. The van der Waals surface area contributed by atoms with Gasteiger partial charge in [-0.3, -0.25) is 14.4 Å². The zero-order valence-corrected chi connectivity index (χ0v) is 12.0. The topological polar surface area (TPSA) is 58.4 Å². The van der Waals surface area contributed by atoms with Gasteiger partial charge in [-0.1, -0.05) is 6.92 Å². The molecule has 1 N–H and O–H groups in total. The van der Waals surface area contributed by atoms with Crippen LogP contribution in [-0.2, 0) is 18.4 Å². The first-order valence-corrected chi connectivity index (χ1v) is 6.92. The average molecular weight is 265 g/mol. The van der Waals surface area contributed by atoms with E-state index in [9.17, 15) is 9.90 Å². The number of carboxylic acid groups (broad SMARTS) is 1. The molecule has 2 heterocycles. The van der Waals surface area contributed by atoms with Gasteiger partial charge < -0.3 is 5.11 Å². The lowest BCUT2D eigenvalue weighted by molar-refractivity contribution is -0.152. The third kappa shape index (κ3) is 2.81. The molecule has 0 radical (unpaired) electrons. The van der Waals surface area contributed by atoms with Crippen LogP contribution in [0.4, 0.5) is 0 Å². The molecular formula is C14H23N3O2. The van der Waals surface area contributed by atoms with Crippen LogP contribution in [-0.4, -0.2) is 38.8 Å². The summed E-state index contributed by atoms with van der Waals surface area (Å²) in [6.07, 6.45) is 2.21. The lowest BCUT2D eigenvalue weighted by atomic mass is 9.76. The molecule has 1 saturated heterocycles. The molecule has 1 fully saturated rings. The minimum Gasteiger partial charge on any atom is -0.481 e. The predicted molar refractivity (Wildman–Crippen MR) is 72.8 cm³/mol. The average Bonchev–Trinajstić information content (AvgIpc) is 2.69. The highest BCUT2D eigenvalue weighted by atomic mass is 16.4. The molecule has 1 aromatic heterocycles. The molecule has 0 aliphatic carbocycles. The van der Waals surface area contributed by atoms with Crippen molar-refractivity contribution in [3.63, 3.8) is 0 Å². The molecule has 0 spiro atoms. The van der Waals surface area contributed by atoms with Crippen molar-refractivity contribution in [1.82, 2.24) is 14.7 Å². The van der Waals surface area contributed by atoms with Crippen molar-refractivity contribution in [2.75, 3.05) is 13.1 Å². The number of rotatable bonds is 4. The maximum atomic E-state index is 11.4. The van der Waals surface area contributed by atoms with Crippen LogP contribution < -0.4 is 0 Å². The fourth-order valence-corrected chi connectivity index (χ4v) is 2.90. The minimum absolute atomic E-state index is 0.501. The Balaban J connectivity index is 1.97. The number of aryl methyl sites for hydroxylation is 2. The van der Waals surface area contributed by atoms with Gasteiger partial charge in [0.1, 0.15) is 0 Å². The van der Waals surface area contributed by atoms with Crippen LogP contribution >= 0.6 is 0 Å². The minimum atomic E-state index is -0.633. The molecule has 0 saturated carbocycles. The van der Waals surface area contributed by atoms with Gasteiger partial charge in [0.2, 0.25) is 0 Å². The molecule has 1 aliphatic heterocycles. The molecular weight excluding hydrogens is 242 g/mol. The van der Waals surface area contributed by atoms with Crippen molar-refractivity contribution in [3.05, 3.63) is 17.5 Å². The first-order valence-electron chi connectivity index (χ1n) is 6.92. The van der Waals surface area contributed by atoms with E-state index in [-0.39, 0.29) is 0 Å². The second-order valence-corrected chi connectivity index (χ2v) is 5.62. The molecule has 2 rings (SSSR count). The Hall–Kier alpha value is -1.36. The quantitative estimate of drug-likeness (QED) is 0.902. The highest BCUT2D eigenvalue weighted by Gasteiger charge is 2.39. The summed E-state index contributed by atoms with van der Waals surface area (Å²) in [6, 6.07) is 2.10. The Morgan fingerprint density at radius 3 is 2.53 bits per heavy atom. The molecule has 19 heavy (non-hydrogen) atoms. The summed E-state index contributed by atoms with van der Waals surface area (Å²) in [5.74, 6) is -0.633. The van der Waals surface area contributed by atoms with Gasteiger partial charge in [-0.25, -0.2) is 0 Å². The predicted octanol–water partition coefficient (Wildman–Crippen LogP) is 1.81. The highest BCUT2D eigenvalue weighted by Crippen LogP contribution is 2.35. The monoisotopic (exact) mass is 265 g/mol. The molecule has 106 valence electrons. The Labute approximate surface area is 114 Å². The van der Waals surface area contributed by atoms with Crippen molar-refractivity contribution >= 4 is 5.97 Å². The van der Waals surface area contributed by atoms with E-state index in [2.05, 4.69) is 16.1 Å². The Morgan fingerprint density at radius 1 is 1.47 bits per heavy atom. The third-order valence-corrected chi connectivity index (χ3v) is 4.43. The van der Waals surface area contributed by atoms with Gasteiger partial charge in [-0.2, -0.15) is 5.10 Å². The number of aromatic nitrogens is 2. The fraction of sp³-hybridized carbons (Fsp3) is 0.714. The maximum Gasteiger partial charge on any atom is 0.309 e. The van der Waals surface area contributed by atoms with Crippen LogP contribution in [0.2, 0.25) is 0 Å². The van der Waals surface area contributed by atoms with E-state index in [4.69, 9.17) is 0 Å². The number of piperidine rings is 1. The van der Waals surface area contributed by atoms with E-state index in [1.807, 2.05) is 25.6 Å². The standard InChI is InChI=1S/C14H23N3O2/c1-4-14(13(18)19)5-7-17(8-6-14)10-12-9-11(2)15-16(12)3/h9H,4-8,10H2,1-3H3,(H,18,19). The van der Waals surface area contributed by atoms with E-state index >= 15 is 0 Å². The van der Waals surface area contributed by atoms with Crippen molar-refractivity contribution in [1.29, 1.82) is 0 Å². The highest BCUT2D eigenvalue weighted by molar-refractivity contribution is 5.74. The number of likely N-dealkylation sites (tertiary alicyclic amines) is 1. The Kier molecular flexibility index (Phi) is 3.94. The summed E-state index contributed by atoms with van der Waals surface area (Å²) in [6.45, 7) is 6.53. The lowest BCUT2D eigenvalue weighted by Crippen LogP contribution is -2.43. The number of carbonyl (C=O) groups is 1. The Morgan fingerprint density at radius 2 is 2.11 bits per heavy atom. The number of hydrogen-bond acceptors (Lipinski definition) is 3. The van der Waals surface area contributed by atoms with Crippen LogP contribution in [0.1, 0.15) is 37.6 Å². The second-order valence-electron chi connectivity index (χ2n) is 5.62. The number of nitrogens with zero attached hydrogens (tertiary/aromatic N) is 3. The summed E-state index contributed by atoms with van der Waals surface area (Å²) in [5, 5.41) is 13.7. The molecule has 0 unspecified atom stereocenters. The van der Waals surface area contributed by atoms with Crippen LogP contribution in [0.3, 0.4) is 0 Å². The van der Waals surface area contributed by atoms with Crippen LogP contribution in [0, 0.1) is 12.3 Å². The van der Waals surface area contributed by atoms with Crippen molar-refractivity contribution in [2.45, 2.75) is 39.7 Å². The summed E-state index contributed by atoms with van der Waals surface area (Å²) in [4.78, 5) is 13.7. The van der Waals surface area contributed by atoms with Crippen molar-refractivity contribution < 1.29 is 9.90 Å². The van der Waals surface area contributed by atoms with Crippen LogP contribution in [0.15, 0.2) is 6.07 Å². The summed E-state index contributed by atoms with van der Waals surface area (Å²) in [7, 11) is 1.96. The van der Waals surface area contributed by atoms with Gasteiger partial charge in [-0.05, 0) is 45.3 Å². The van der Waals surface area contributed by atoms with Gasteiger partial charge >= 0.3 is 5.97 Å². The van der Waals surface area contributed by atoms with Crippen molar-refractivity contribution in [3.8, 4) is 0 Å².